The second-order valence-corrected chi connectivity index (χ2v) is 7.77. The lowest BCUT2D eigenvalue weighted by atomic mass is 10.2. The molecule has 0 fully saturated rings. The number of alkyl halides is 3. The highest BCUT2D eigenvalue weighted by atomic mass is 35.6. The van der Waals surface area contributed by atoms with Crippen molar-refractivity contribution in [3.8, 4) is 0 Å². The summed E-state index contributed by atoms with van der Waals surface area (Å²) in [6, 6.07) is 13.9. The number of hydrogen-bond acceptors (Lipinski definition) is 2. The summed E-state index contributed by atoms with van der Waals surface area (Å²) in [5, 5.41) is 6.21. The molecule has 2 N–H and O–H groups in total. The van der Waals surface area contributed by atoms with E-state index in [1.807, 2.05) is 31.2 Å². The fourth-order valence-corrected chi connectivity index (χ4v) is 2.29. The van der Waals surface area contributed by atoms with Gasteiger partial charge in [0.05, 0.1) is 0 Å². The minimum Gasteiger partial charge on any atom is -0.362 e. The number of nitrogens with one attached hydrogen (secondary N) is 2. The van der Waals surface area contributed by atoms with Crippen molar-refractivity contribution >= 4 is 58.0 Å². The lowest BCUT2D eigenvalue weighted by Crippen LogP contribution is -2.49. The van der Waals surface area contributed by atoms with Crippen LogP contribution in [0.1, 0.15) is 15.9 Å². The third-order valence-corrected chi connectivity index (χ3v) is 3.98. The number of amides is 1. The predicted octanol–water partition coefficient (Wildman–Crippen LogP) is 5.19. The van der Waals surface area contributed by atoms with Gasteiger partial charge in [0.1, 0.15) is 6.17 Å². The molecule has 3 nitrogen and oxygen atoms in total. The van der Waals surface area contributed by atoms with Crippen LogP contribution in [0.2, 0.25) is 5.02 Å². The normalized spacial score (nSPS) is 12.6. The van der Waals surface area contributed by atoms with Crippen LogP contribution in [0.15, 0.2) is 48.5 Å². The standard InChI is InChI=1S/C16H14Cl4N2O/c1-10-2-8-13(9-3-10)21-15(16(18,19)20)22-14(23)11-4-6-12(17)7-5-11/h2-9,15,21H,1H3,(H,22,23). The molecule has 1 amide bonds. The van der Waals surface area contributed by atoms with Crippen LogP contribution < -0.4 is 10.6 Å². The number of hydrogen-bond donors (Lipinski definition) is 2. The number of benzene rings is 2. The fourth-order valence-electron chi connectivity index (χ4n) is 1.83. The van der Waals surface area contributed by atoms with Crippen LogP contribution in [-0.2, 0) is 0 Å². The molecule has 7 heteroatoms. The van der Waals surface area contributed by atoms with Crippen LogP contribution in [0.25, 0.3) is 0 Å². The number of aryl methyl sites for hydroxylation is 1. The summed E-state index contributed by atoms with van der Waals surface area (Å²) < 4.78 is -1.73. The Morgan fingerprint density at radius 2 is 1.57 bits per heavy atom. The quantitative estimate of drug-likeness (QED) is 0.556. The molecule has 122 valence electrons. The molecule has 2 rings (SSSR count). The summed E-state index contributed by atoms with van der Waals surface area (Å²) in [6.07, 6.45) is -0.904. The Kier molecular flexibility index (Phi) is 6.04. The molecule has 0 radical (unpaired) electrons. The molecule has 0 aliphatic rings. The number of halogens is 4. The molecule has 23 heavy (non-hydrogen) atoms. The van der Waals surface area contributed by atoms with E-state index >= 15 is 0 Å². The number of carbonyl (C=O) groups is 1. The van der Waals surface area contributed by atoms with Gasteiger partial charge in [0, 0.05) is 16.3 Å². The van der Waals surface area contributed by atoms with Crippen molar-refractivity contribution in [3.63, 3.8) is 0 Å². The van der Waals surface area contributed by atoms with E-state index in [1.54, 1.807) is 24.3 Å². The van der Waals surface area contributed by atoms with Gasteiger partial charge in [-0.1, -0.05) is 64.1 Å². The number of rotatable bonds is 4. The highest BCUT2D eigenvalue weighted by molar-refractivity contribution is 6.68. The van der Waals surface area contributed by atoms with Gasteiger partial charge in [-0.05, 0) is 43.3 Å². The summed E-state index contributed by atoms with van der Waals surface area (Å²) in [5.41, 5.74) is 2.24. The van der Waals surface area contributed by atoms with Gasteiger partial charge >= 0.3 is 0 Å². The molecule has 0 aliphatic carbocycles. The van der Waals surface area contributed by atoms with Crippen LogP contribution in [0.3, 0.4) is 0 Å². The van der Waals surface area contributed by atoms with Crippen LogP contribution >= 0.6 is 46.4 Å². The molecule has 0 aromatic heterocycles. The molecule has 2 aromatic carbocycles. The minimum atomic E-state index is -1.73. The van der Waals surface area contributed by atoms with E-state index in [1.165, 1.54) is 0 Å². The van der Waals surface area contributed by atoms with Gasteiger partial charge in [-0.15, -0.1) is 0 Å². The van der Waals surface area contributed by atoms with Gasteiger partial charge in [0.2, 0.25) is 3.79 Å². The highest BCUT2D eigenvalue weighted by Crippen LogP contribution is 2.31. The second-order valence-electron chi connectivity index (χ2n) is 4.97. The van der Waals surface area contributed by atoms with Crippen LogP contribution in [0, 0.1) is 6.92 Å². The SMILES string of the molecule is Cc1ccc(NC(NC(=O)c2ccc(Cl)cc2)C(Cl)(Cl)Cl)cc1. The molecule has 0 heterocycles. The highest BCUT2D eigenvalue weighted by Gasteiger charge is 2.34. The third kappa shape index (κ3) is 5.47. The van der Waals surface area contributed by atoms with Crippen LogP contribution in [0.5, 0.6) is 0 Å². The van der Waals surface area contributed by atoms with Gasteiger partial charge in [0.15, 0.2) is 0 Å². The fraction of sp³-hybridized carbons (Fsp3) is 0.188. The molecule has 2 aromatic rings. The Morgan fingerprint density at radius 3 is 2.09 bits per heavy atom. The maximum atomic E-state index is 12.3. The smallest absolute Gasteiger partial charge is 0.252 e. The molecule has 0 saturated heterocycles. The van der Waals surface area contributed by atoms with E-state index in [2.05, 4.69) is 10.6 Å². The van der Waals surface area contributed by atoms with E-state index in [-0.39, 0.29) is 5.91 Å². The lowest BCUT2D eigenvalue weighted by Gasteiger charge is -2.27. The van der Waals surface area contributed by atoms with E-state index in [0.29, 0.717) is 10.6 Å². The lowest BCUT2D eigenvalue weighted by molar-refractivity contribution is 0.0942. The predicted molar refractivity (Wildman–Crippen MR) is 97.8 cm³/mol. The summed E-state index contributed by atoms with van der Waals surface area (Å²) in [7, 11) is 0. The summed E-state index contributed by atoms with van der Waals surface area (Å²) >= 11 is 23.7. The van der Waals surface area contributed by atoms with Crippen molar-refractivity contribution in [2.45, 2.75) is 16.9 Å². The van der Waals surface area contributed by atoms with Crippen LogP contribution in [-0.4, -0.2) is 15.9 Å². The maximum Gasteiger partial charge on any atom is 0.252 e. The van der Waals surface area contributed by atoms with Gasteiger partial charge < -0.3 is 10.6 Å². The van der Waals surface area contributed by atoms with E-state index < -0.39 is 9.96 Å². The Morgan fingerprint density at radius 1 is 1.00 bits per heavy atom. The second kappa shape index (κ2) is 7.63. The first-order valence-electron chi connectivity index (χ1n) is 6.72. The average Bonchev–Trinajstić information content (AvgIpc) is 2.48. The van der Waals surface area contributed by atoms with Crippen molar-refractivity contribution < 1.29 is 4.79 Å². The van der Waals surface area contributed by atoms with Crippen molar-refractivity contribution in [2.24, 2.45) is 0 Å². The van der Waals surface area contributed by atoms with E-state index in [0.717, 1.165) is 11.3 Å². The number of carbonyl (C=O) groups excluding carboxylic acids is 1. The van der Waals surface area contributed by atoms with Gasteiger partial charge in [0.25, 0.3) is 5.91 Å². The third-order valence-electron chi connectivity index (χ3n) is 3.07. The molecule has 1 atom stereocenters. The first-order valence-corrected chi connectivity index (χ1v) is 8.23. The molecular formula is C16H14Cl4N2O. The Labute approximate surface area is 154 Å². The Balaban J connectivity index is 2.14. The summed E-state index contributed by atoms with van der Waals surface area (Å²) in [6.45, 7) is 1.97. The molecular weight excluding hydrogens is 378 g/mol. The topological polar surface area (TPSA) is 41.1 Å². The minimum absolute atomic E-state index is 0.377. The van der Waals surface area contributed by atoms with E-state index in [4.69, 9.17) is 46.4 Å². The maximum absolute atomic E-state index is 12.3. The van der Waals surface area contributed by atoms with Gasteiger partial charge in [-0.25, -0.2) is 0 Å². The Bertz CT molecular complexity index is 666. The largest absolute Gasteiger partial charge is 0.362 e. The number of anilines is 1. The molecule has 0 bridgehead atoms. The first kappa shape index (κ1) is 18.2. The first-order chi connectivity index (χ1) is 10.8. The average molecular weight is 392 g/mol. The molecule has 1 unspecified atom stereocenters. The monoisotopic (exact) mass is 390 g/mol. The van der Waals surface area contributed by atoms with Crippen molar-refractivity contribution in [1.29, 1.82) is 0 Å². The van der Waals surface area contributed by atoms with Gasteiger partial charge in [-0.3, -0.25) is 4.79 Å². The van der Waals surface area contributed by atoms with Gasteiger partial charge in [-0.2, -0.15) is 0 Å². The van der Waals surface area contributed by atoms with E-state index in [9.17, 15) is 4.79 Å². The Hall–Kier alpha value is -1.13. The van der Waals surface area contributed by atoms with Crippen molar-refractivity contribution in [2.75, 3.05) is 5.32 Å². The molecule has 0 spiro atoms. The van der Waals surface area contributed by atoms with Crippen molar-refractivity contribution in [3.05, 3.63) is 64.7 Å². The summed E-state index contributed by atoms with van der Waals surface area (Å²) in [4.78, 5) is 12.3. The zero-order valence-corrected chi connectivity index (χ0v) is 15.1. The summed E-state index contributed by atoms with van der Waals surface area (Å²) in [5.74, 6) is -0.377. The zero-order valence-electron chi connectivity index (χ0n) is 12.1. The molecule has 0 aliphatic heterocycles. The van der Waals surface area contributed by atoms with Crippen molar-refractivity contribution in [1.82, 2.24) is 5.32 Å². The molecule has 0 saturated carbocycles. The van der Waals surface area contributed by atoms with Crippen LogP contribution in [0.4, 0.5) is 5.69 Å². The zero-order chi connectivity index (χ0) is 17.0.